The first-order valence-electron chi connectivity index (χ1n) is 25.8. The van der Waals surface area contributed by atoms with E-state index in [0.29, 0.717) is 19.3 Å². The minimum atomic E-state index is -0.881. The van der Waals surface area contributed by atoms with Gasteiger partial charge in [-0.25, -0.2) is 4.79 Å². The van der Waals surface area contributed by atoms with Crippen LogP contribution >= 0.6 is 0 Å². The minimum Gasteiger partial charge on any atom is -0.477 e. The zero-order chi connectivity index (χ0) is 47.7. The van der Waals surface area contributed by atoms with Gasteiger partial charge in [-0.05, 0) is 89.9 Å². The van der Waals surface area contributed by atoms with Crippen molar-refractivity contribution in [2.45, 2.75) is 206 Å². The van der Waals surface area contributed by atoms with Crippen LogP contribution in [-0.2, 0) is 28.6 Å². The fourth-order valence-electron chi connectivity index (χ4n) is 7.07. The number of allylic oxidation sites excluding steroid dienone is 16. The lowest BCUT2D eigenvalue weighted by Gasteiger charge is -2.31. The molecular formula is C57H96NO7+. The molecule has 370 valence electrons. The van der Waals surface area contributed by atoms with Crippen molar-refractivity contribution in [2.75, 3.05) is 41.0 Å². The van der Waals surface area contributed by atoms with E-state index in [1.54, 1.807) is 0 Å². The van der Waals surface area contributed by atoms with Crippen molar-refractivity contribution in [2.24, 2.45) is 0 Å². The van der Waals surface area contributed by atoms with Gasteiger partial charge in [-0.3, -0.25) is 9.59 Å². The van der Waals surface area contributed by atoms with Crippen molar-refractivity contribution in [3.8, 4) is 0 Å². The normalized spacial score (nSPS) is 13.7. The third kappa shape index (κ3) is 45.2. The Kier molecular flexibility index (Phi) is 44.1. The number of rotatable bonds is 45. The lowest BCUT2D eigenvalue weighted by Crippen LogP contribution is -2.50. The van der Waals surface area contributed by atoms with Gasteiger partial charge in [0.15, 0.2) is 12.1 Å². The summed E-state index contributed by atoms with van der Waals surface area (Å²) in [6.45, 7) is 4.49. The molecule has 0 aliphatic heterocycles. The molecule has 0 rings (SSSR count). The van der Waals surface area contributed by atoms with Crippen LogP contribution in [0, 0.1) is 0 Å². The van der Waals surface area contributed by atoms with Crippen LogP contribution in [0.25, 0.3) is 0 Å². The highest BCUT2D eigenvalue weighted by molar-refractivity contribution is 5.72. The van der Waals surface area contributed by atoms with Crippen LogP contribution in [0.1, 0.15) is 194 Å². The molecule has 0 amide bonds. The molecule has 1 N–H and O–H groups in total. The van der Waals surface area contributed by atoms with E-state index in [9.17, 15) is 19.5 Å². The number of carbonyl (C=O) groups is 3. The average Bonchev–Trinajstić information content (AvgIpc) is 3.27. The van der Waals surface area contributed by atoms with Gasteiger partial charge in [-0.15, -0.1) is 0 Å². The monoisotopic (exact) mass is 907 g/mol. The van der Waals surface area contributed by atoms with E-state index >= 15 is 0 Å². The number of hydrogen-bond donors (Lipinski definition) is 1. The lowest BCUT2D eigenvalue weighted by atomic mass is 10.1. The Morgan fingerprint density at radius 1 is 0.462 bits per heavy atom. The maximum atomic E-state index is 12.8. The molecule has 2 unspecified atom stereocenters. The molecule has 2 atom stereocenters. The van der Waals surface area contributed by atoms with Crippen LogP contribution in [-0.4, -0.2) is 80.6 Å². The number of esters is 2. The molecule has 8 nitrogen and oxygen atoms in total. The molecule has 0 aliphatic carbocycles. The molecule has 0 aromatic heterocycles. The molecule has 0 aromatic carbocycles. The Labute approximate surface area is 398 Å². The van der Waals surface area contributed by atoms with Gasteiger partial charge >= 0.3 is 17.9 Å². The number of quaternary nitrogens is 1. The fourth-order valence-corrected chi connectivity index (χ4v) is 7.07. The maximum absolute atomic E-state index is 12.8. The number of hydrogen-bond acceptors (Lipinski definition) is 6. The molecule has 0 spiro atoms. The van der Waals surface area contributed by atoms with Crippen LogP contribution in [0.2, 0.25) is 0 Å². The average molecular weight is 907 g/mol. The Morgan fingerprint density at radius 2 is 0.815 bits per heavy atom. The number of carboxylic acid groups (broad SMARTS) is 1. The molecule has 0 bridgehead atoms. The Bertz CT molecular complexity index is 1380. The summed E-state index contributed by atoms with van der Waals surface area (Å²) in [5.74, 6) is -1.50. The first-order valence-corrected chi connectivity index (χ1v) is 25.8. The molecule has 8 heteroatoms. The van der Waals surface area contributed by atoms with Gasteiger partial charge in [0.1, 0.15) is 6.61 Å². The maximum Gasteiger partial charge on any atom is 0.362 e. The molecule has 0 heterocycles. The van der Waals surface area contributed by atoms with Gasteiger partial charge in [-0.2, -0.15) is 0 Å². The SMILES string of the molecule is CC/C=C/C/C=C/C/C=C/C/C=C/CCCCCCCCCCCC(=O)OCC(COCCC(C(=O)O)[N+](C)(C)C)OC(=O)CCCCCCCC/C=C/C/C=C/C/C=C/C/C=C/CC. The van der Waals surface area contributed by atoms with Gasteiger partial charge < -0.3 is 23.8 Å². The van der Waals surface area contributed by atoms with Gasteiger partial charge in [0, 0.05) is 19.3 Å². The summed E-state index contributed by atoms with van der Waals surface area (Å²) in [5.41, 5.74) is 0. The summed E-state index contributed by atoms with van der Waals surface area (Å²) in [6.07, 6.45) is 63.1. The van der Waals surface area contributed by atoms with Crippen LogP contribution in [0.3, 0.4) is 0 Å². The Balaban J connectivity index is 4.29. The molecule has 0 radical (unpaired) electrons. The first-order chi connectivity index (χ1) is 31.6. The lowest BCUT2D eigenvalue weighted by molar-refractivity contribution is -0.887. The third-order valence-electron chi connectivity index (χ3n) is 11.0. The quantitative estimate of drug-likeness (QED) is 0.0281. The smallest absolute Gasteiger partial charge is 0.362 e. The van der Waals surface area contributed by atoms with Crippen molar-refractivity contribution in [3.63, 3.8) is 0 Å². The van der Waals surface area contributed by atoms with E-state index in [1.165, 1.54) is 51.4 Å². The molecule has 0 saturated carbocycles. The zero-order valence-electron chi connectivity index (χ0n) is 42.2. The molecule has 0 saturated heterocycles. The predicted molar refractivity (Wildman–Crippen MR) is 275 cm³/mol. The fraction of sp³-hybridized carbons (Fsp3) is 0.667. The molecular weight excluding hydrogens is 811 g/mol. The molecule has 0 aromatic rings. The van der Waals surface area contributed by atoms with Crippen molar-refractivity contribution in [1.29, 1.82) is 0 Å². The number of aliphatic carboxylic acids is 1. The van der Waals surface area contributed by atoms with E-state index < -0.39 is 18.1 Å². The standard InChI is InChI=1S/C57H95NO7/c1-6-8-10-12-14-16-18-20-22-24-26-27-28-30-31-33-35-37-39-41-43-45-47-55(59)64-52-53(51-63-50-49-54(57(61)62)58(3,4)5)65-56(60)48-46-44-42-40-38-36-34-32-29-25-23-21-19-17-15-13-11-9-7-2/h8-11,14-17,20-23,26-27,29,32,53-54H,6-7,12-13,18-19,24-25,28,30-31,33-52H2,1-5H3/p+1/b10-8+,11-9+,16-14+,17-15+,22-20+,23-21+,27-26+,32-29+. The van der Waals surface area contributed by atoms with Crippen LogP contribution in [0.15, 0.2) is 97.2 Å². The second-order valence-electron chi connectivity index (χ2n) is 18.0. The highest BCUT2D eigenvalue weighted by Crippen LogP contribution is 2.14. The van der Waals surface area contributed by atoms with E-state index in [2.05, 4.69) is 111 Å². The van der Waals surface area contributed by atoms with Crippen LogP contribution in [0.4, 0.5) is 0 Å². The highest BCUT2D eigenvalue weighted by atomic mass is 16.6. The minimum absolute atomic E-state index is 0.0478. The van der Waals surface area contributed by atoms with E-state index in [4.69, 9.17) is 14.2 Å². The van der Waals surface area contributed by atoms with Crippen molar-refractivity contribution in [1.82, 2.24) is 0 Å². The third-order valence-corrected chi connectivity index (χ3v) is 11.0. The largest absolute Gasteiger partial charge is 0.477 e. The predicted octanol–water partition coefficient (Wildman–Crippen LogP) is 15.0. The summed E-state index contributed by atoms with van der Waals surface area (Å²) < 4.78 is 17.3. The number of nitrogens with zero attached hydrogens (tertiary/aromatic N) is 1. The molecule has 0 aliphatic rings. The van der Waals surface area contributed by atoms with Gasteiger partial charge in [0.05, 0.1) is 34.4 Å². The van der Waals surface area contributed by atoms with E-state index in [-0.39, 0.29) is 36.2 Å². The number of ether oxygens (including phenoxy) is 3. The van der Waals surface area contributed by atoms with E-state index in [1.807, 2.05) is 21.1 Å². The van der Waals surface area contributed by atoms with Gasteiger partial charge in [-0.1, -0.05) is 182 Å². The Morgan fingerprint density at radius 3 is 1.20 bits per heavy atom. The van der Waals surface area contributed by atoms with Crippen LogP contribution in [0.5, 0.6) is 0 Å². The van der Waals surface area contributed by atoms with Gasteiger partial charge in [0.25, 0.3) is 0 Å². The van der Waals surface area contributed by atoms with Gasteiger partial charge in [0.2, 0.25) is 0 Å². The van der Waals surface area contributed by atoms with Crippen molar-refractivity contribution >= 4 is 17.9 Å². The van der Waals surface area contributed by atoms with Crippen molar-refractivity contribution < 1.29 is 38.2 Å². The summed E-state index contributed by atoms with van der Waals surface area (Å²) in [6, 6.07) is -0.624. The number of carbonyl (C=O) groups excluding carboxylic acids is 2. The molecule has 0 fully saturated rings. The zero-order valence-corrected chi connectivity index (χ0v) is 42.2. The summed E-state index contributed by atoms with van der Waals surface area (Å²) in [5, 5.41) is 9.66. The number of likely N-dealkylation sites (N-methyl/N-ethyl adjacent to an activating group) is 1. The number of carboxylic acids is 1. The summed E-state index contributed by atoms with van der Waals surface area (Å²) in [4.78, 5) is 37.2. The topological polar surface area (TPSA) is 99.1 Å². The summed E-state index contributed by atoms with van der Waals surface area (Å²) >= 11 is 0. The number of unbranched alkanes of at least 4 members (excludes halogenated alkanes) is 15. The van der Waals surface area contributed by atoms with Crippen molar-refractivity contribution in [3.05, 3.63) is 97.2 Å². The highest BCUT2D eigenvalue weighted by Gasteiger charge is 2.31. The second-order valence-corrected chi connectivity index (χ2v) is 18.0. The first kappa shape index (κ1) is 61.2. The van der Waals surface area contributed by atoms with E-state index in [0.717, 1.165) is 109 Å². The summed E-state index contributed by atoms with van der Waals surface area (Å²) in [7, 11) is 5.52. The second kappa shape index (κ2) is 46.8. The molecule has 65 heavy (non-hydrogen) atoms. The van der Waals surface area contributed by atoms with Crippen LogP contribution < -0.4 is 0 Å². The Hall–Kier alpha value is -3.75.